The fourth-order valence-corrected chi connectivity index (χ4v) is 5.47. The number of hydrogen-bond donors (Lipinski definition) is 0. The van der Waals surface area contributed by atoms with Gasteiger partial charge in [0.15, 0.2) is 17.5 Å². The van der Waals surface area contributed by atoms with E-state index in [2.05, 4.69) is 15.3 Å². The standard InChI is InChI=1S/C25H20F3N5O/c1-32-24(15-10-18(26)22(28)19(27)11-15)17-12-16-3-2-4-21(23(17)31-32)33(16)25(34)14-5-6-20-13(9-14)7-8-29-30-20/h5-11,16,21H,2-4,12H2,1H3. The molecule has 2 aliphatic heterocycles. The number of hydrogen-bond acceptors (Lipinski definition) is 4. The van der Waals surface area contributed by atoms with Crippen molar-refractivity contribution in [3.63, 3.8) is 0 Å². The number of amides is 1. The van der Waals surface area contributed by atoms with Gasteiger partial charge in [-0.3, -0.25) is 9.48 Å². The third kappa shape index (κ3) is 3.10. The van der Waals surface area contributed by atoms with E-state index in [0.717, 1.165) is 48.0 Å². The summed E-state index contributed by atoms with van der Waals surface area (Å²) in [6.07, 6.45) is 4.63. The van der Waals surface area contributed by atoms with Crippen LogP contribution >= 0.6 is 0 Å². The molecule has 2 bridgehead atoms. The molecule has 2 aromatic carbocycles. The van der Waals surface area contributed by atoms with Crippen molar-refractivity contribution in [3.05, 3.63) is 76.9 Å². The highest BCUT2D eigenvalue weighted by Crippen LogP contribution is 2.45. The number of benzene rings is 2. The molecule has 34 heavy (non-hydrogen) atoms. The summed E-state index contributed by atoms with van der Waals surface area (Å²) in [7, 11) is 1.70. The molecule has 9 heteroatoms. The lowest BCUT2D eigenvalue weighted by molar-refractivity contribution is 0.0392. The van der Waals surface area contributed by atoms with Gasteiger partial charge in [-0.25, -0.2) is 13.2 Å². The van der Waals surface area contributed by atoms with Gasteiger partial charge in [0.05, 0.1) is 29.1 Å². The maximum Gasteiger partial charge on any atom is 0.254 e. The minimum atomic E-state index is -1.49. The second kappa shape index (κ2) is 7.65. The molecule has 2 aliphatic rings. The van der Waals surface area contributed by atoms with E-state index in [1.54, 1.807) is 30.1 Å². The summed E-state index contributed by atoms with van der Waals surface area (Å²) in [6, 6.07) is 8.89. The summed E-state index contributed by atoms with van der Waals surface area (Å²) in [4.78, 5) is 15.6. The maximum atomic E-state index is 14.0. The first-order chi connectivity index (χ1) is 16.4. The highest BCUT2D eigenvalue weighted by Gasteiger charge is 2.43. The predicted molar refractivity (Wildman–Crippen MR) is 118 cm³/mol. The lowest BCUT2D eigenvalue weighted by Gasteiger charge is -2.45. The molecule has 1 saturated heterocycles. The second-order valence-corrected chi connectivity index (χ2v) is 8.91. The van der Waals surface area contributed by atoms with Crippen molar-refractivity contribution >= 4 is 16.8 Å². The molecule has 1 amide bonds. The van der Waals surface area contributed by atoms with E-state index in [-0.39, 0.29) is 23.6 Å². The van der Waals surface area contributed by atoms with Gasteiger partial charge >= 0.3 is 0 Å². The van der Waals surface area contributed by atoms with Gasteiger partial charge in [-0.05, 0) is 62.1 Å². The molecular weight excluding hydrogens is 443 g/mol. The maximum absolute atomic E-state index is 14.0. The van der Waals surface area contributed by atoms with Crippen LogP contribution in [-0.4, -0.2) is 36.8 Å². The van der Waals surface area contributed by atoms with Crippen LogP contribution in [0.25, 0.3) is 22.2 Å². The Balaban J connectivity index is 1.42. The first kappa shape index (κ1) is 20.8. The average molecular weight is 463 g/mol. The van der Waals surface area contributed by atoms with E-state index >= 15 is 0 Å². The van der Waals surface area contributed by atoms with Gasteiger partial charge < -0.3 is 4.90 Å². The normalized spacial score (nSPS) is 19.4. The van der Waals surface area contributed by atoms with Gasteiger partial charge in [0.2, 0.25) is 0 Å². The van der Waals surface area contributed by atoms with E-state index in [9.17, 15) is 18.0 Å². The van der Waals surface area contributed by atoms with Crippen LogP contribution in [0.15, 0.2) is 42.6 Å². The van der Waals surface area contributed by atoms with E-state index in [1.165, 1.54) is 0 Å². The zero-order chi connectivity index (χ0) is 23.6. The number of fused-ring (bicyclic) bond motifs is 5. The number of carbonyl (C=O) groups excluding carboxylic acids is 1. The Bertz CT molecular complexity index is 1440. The summed E-state index contributed by atoms with van der Waals surface area (Å²) >= 11 is 0. The van der Waals surface area contributed by atoms with Crippen molar-refractivity contribution < 1.29 is 18.0 Å². The number of carbonyl (C=O) groups is 1. The van der Waals surface area contributed by atoms with Crippen LogP contribution < -0.4 is 0 Å². The van der Waals surface area contributed by atoms with Crippen LogP contribution in [0.1, 0.15) is 46.9 Å². The third-order valence-corrected chi connectivity index (χ3v) is 6.93. The summed E-state index contributed by atoms with van der Waals surface area (Å²) in [6.45, 7) is 0. The monoisotopic (exact) mass is 463 g/mol. The van der Waals surface area contributed by atoms with Crippen LogP contribution in [0.3, 0.4) is 0 Å². The molecule has 0 aliphatic carbocycles. The molecule has 172 valence electrons. The number of aryl methyl sites for hydroxylation is 1. The average Bonchev–Trinajstić information content (AvgIpc) is 3.16. The Morgan fingerprint density at radius 1 is 1.06 bits per heavy atom. The molecule has 0 spiro atoms. The smallest absolute Gasteiger partial charge is 0.254 e. The number of halogens is 3. The topological polar surface area (TPSA) is 63.9 Å². The van der Waals surface area contributed by atoms with E-state index in [1.807, 2.05) is 17.0 Å². The number of nitrogens with zero attached hydrogens (tertiary/aromatic N) is 5. The molecule has 4 aromatic rings. The molecule has 2 atom stereocenters. The first-order valence-electron chi connectivity index (χ1n) is 11.2. The molecule has 1 fully saturated rings. The van der Waals surface area contributed by atoms with Crippen LogP contribution in [-0.2, 0) is 13.5 Å². The quantitative estimate of drug-likeness (QED) is 0.403. The molecule has 2 aromatic heterocycles. The Morgan fingerprint density at radius 2 is 1.85 bits per heavy atom. The highest BCUT2D eigenvalue weighted by atomic mass is 19.2. The zero-order valence-electron chi connectivity index (χ0n) is 18.3. The second-order valence-electron chi connectivity index (χ2n) is 8.91. The third-order valence-electron chi connectivity index (χ3n) is 6.93. The molecule has 2 unspecified atom stereocenters. The number of rotatable bonds is 2. The van der Waals surface area contributed by atoms with Gasteiger partial charge in [0, 0.05) is 35.2 Å². The SMILES string of the molecule is Cn1nc2c(c1-c1cc(F)c(F)c(F)c1)CC1CCCC2N1C(=O)c1ccc2nnccc2c1. The van der Waals surface area contributed by atoms with Gasteiger partial charge in [0.25, 0.3) is 5.91 Å². The van der Waals surface area contributed by atoms with Gasteiger partial charge in [-0.2, -0.15) is 15.3 Å². The van der Waals surface area contributed by atoms with Crippen molar-refractivity contribution in [2.24, 2.45) is 7.05 Å². The molecule has 0 N–H and O–H groups in total. The van der Waals surface area contributed by atoms with E-state index in [0.29, 0.717) is 23.2 Å². The van der Waals surface area contributed by atoms with Crippen molar-refractivity contribution in [3.8, 4) is 11.3 Å². The van der Waals surface area contributed by atoms with Crippen molar-refractivity contribution in [1.82, 2.24) is 24.9 Å². The molecule has 0 saturated carbocycles. The molecular formula is C25H20F3N5O. The summed E-state index contributed by atoms with van der Waals surface area (Å²) in [5.41, 5.74) is 3.68. The zero-order valence-corrected chi connectivity index (χ0v) is 18.3. The van der Waals surface area contributed by atoms with Crippen molar-refractivity contribution in [1.29, 1.82) is 0 Å². The summed E-state index contributed by atoms with van der Waals surface area (Å²) in [5.74, 6) is -4.04. The molecule has 4 heterocycles. The van der Waals surface area contributed by atoms with E-state index < -0.39 is 17.5 Å². The molecule has 6 nitrogen and oxygen atoms in total. The van der Waals surface area contributed by atoms with Gasteiger partial charge in [0.1, 0.15) is 0 Å². The number of piperidine rings is 1. The van der Waals surface area contributed by atoms with Crippen LogP contribution in [0.4, 0.5) is 13.2 Å². The molecule has 0 radical (unpaired) electrons. The van der Waals surface area contributed by atoms with Crippen LogP contribution in [0.2, 0.25) is 0 Å². The minimum absolute atomic E-state index is 0.0666. The minimum Gasteiger partial charge on any atom is -0.327 e. The largest absolute Gasteiger partial charge is 0.327 e. The van der Waals surface area contributed by atoms with Crippen molar-refractivity contribution in [2.45, 2.75) is 37.8 Å². The van der Waals surface area contributed by atoms with Gasteiger partial charge in [-0.15, -0.1) is 0 Å². The summed E-state index contributed by atoms with van der Waals surface area (Å²) < 4.78 is 43.1. The molecule has 6 rings (SSSR count). The Labute approximate surface area is 193 Å². The van der Waals surface area contributed by atoms with Crippen LogP contribution in [0, 0.1) is 17.5 Å². The number of aromatic nitrogens is 4. The fraction of sp³-hybridized carbons (Fsp3) is 0.280. The summed E-state index contributed by atoms with van der Waals surface area (Å²) in [5, 5.41) is 13.5. The predicted octanol–water partition coefficient (Wildman–Crippen LogP) is 4.74. The Hall–Kier alpha value is -3.75. The van der Waals surface area contributed by atoms with Crippen LogP contribution in [0.5, 0.6) is 0 Å². The Kier molecular flexibility index (Phi) is 4.68. The lowest BCUT2D eigenvalue weighted by Crippen LogP contribution is -2.49. The fourth-order valence-electron chi connectivity index (χ4n) is 5.47. The van der Waals surface area contributed by atoms with Crippen molar-refractivity contribution in [2.75, 3.05) is 0 Å². The van der Waals surface area contributed by atoms with Gasteiger partial charge in [-0.1, -0.05) is 0 Å². The lowest BCUT2D eigenvalue weighted by atomic mass is 9.81. The first-order valence-corrected chi connectivity index (χ1v) is 11.2. The highest BCUT2D eigenvalue weighted by molar-refractivity contribution is 5.98. The van der Waals surface area contributed by atoms with E-state index in [4.69, 9.17) is 0 Å². The Morgan fingerprint density at radius 3 is 2.65 bits per heavy atom.